The molecule has 0 aliphatic heterocycles. The standard InChI is InChI=1S/C11H14AsNO8S/c1-5(14)13-6-2-3-8(15)7(4-6)12(20,21,22)9(10(16)17)11(18)19/h2-4,9,15,20-22H,1H3,(H,13,14)(H,16,17)(H,18,19). The van der Waals surface area contributed by atoms with Gasteiger partial charge in [-0.15, -0.1) is 0 Å². The van der Waals surface area contributed by atoms with Gasteiger partial charge in [-0.1, -0.05) is 0 Å². The number of carbonyl (C=O) groups excluding carboxylic acids is 1. The van der Waals surface area contributed by atoms with Crippen LogP contribution in [0.2, 0.25) is 4.71 Å². The number of amides is 1. The molecule has 0 heterocycles. The number of carboxylic acids is 2. The van der Waals surface area contributed by atoms with Gasteiger partial charge in [0, 0.05) is 0 Å². The fourth-order valence-electron chi connectivity index (χ4n) is 1.80. The SMILES string of the molecule is CC(=O)Nc1ccc(O)c([As](O)(O)(S)C(C(=O)O)C(=O)O)c1. The number of nitrogens with one attached hydrogen (secondary N) is 1. The molecule has 1 aromatic rings. The number of hydrogen-bond acceptors (Lipinski definition) is 7. The molecule has 22 heavy (non-hydrogen) atoms. The van der Waals surface area contributed by atoms with Gasteiger partial charge in [-0.3, -0.25) is 0 Å². The van der Waals surface area contributed by atoms with E-state index >= 15 is 0 Å². The Morgan fingerprint density at radius 2 is 1.68 bits per heavy atom. The van der Waals surface area contributed by atoms with Crippen molar-refractivity contribution in [2.75, 3.05) is 5.32 Å². The van der Waals surface area contributed by atoms with Crippen LogP contribution in [0.5, 0.6) is 5.75 Å². The molecule has 0 bridgehead atoms. The third-order valence-electron chi connectivity index (χ3n) is 2.70. The number of anilines is 1. The van der Waals surface area contributed by atoms with Crippen LogP contribution in [0.3, 0.4) is 0 Å². The molecule has 0 fully saturated rings. The molecule has 0 saturated carbocycles. The number of phenolic OH excluding ortho intramolecular Hbond substituents is 1. The predicted octanol–water partition coefficient (Wildman–Crippen LogP) is -1.10. The average Bonchev–Trinajstić information content (AvgIpc) is 2.28. The Labute approximate surface area is 129 Å². The minimum atomic E-state index is -6.50. The fraction of sp³-hybridized carbons (Fsp3) is 0.182. The zero-order valence-electron chi connectivity index (χ0n) is 11.2. The van der Waals surface area contributed by atoms with Crippen molar-refractivity contribution in [1.29, 1.82) is 0 Å². The van der Waals surface area contributed by atoms with E-state index in [1.165, 1.54) is 13.0 Å². The van der Waals surface area contributed by atoms with Gasteiger partial charge in [0.25, 0.3) is 0 Å². The summed E-state index contributed by atoms with van der Waals surface area (Å²) >= 11 is -6.50. The summed E-state index contributed by atoms with van der Waals surface area (Å²) in [5.41, 5.74) is 0.0131. The second-order valence-electron chi connectivity index (χ2n) is 4.51. The zero-order chi connectivity index (χ0) is 17.3. The first-order valence-electron chi connectivity index (χ1n) is 5.68. The Kier molecular flexibility index (Phi) is 4.83. The minimum absolute atomic E-state index is 0.0131. The summed E-state index contributed by atoms with van der Waals surface area (Å²) in [5.74, 6) is -5.27. The van der Waals surface area contributed by atoms with Crippen molar-refractivity contribution in [3.63, 3.8) is 0 Å². The molecule has 1 rings (SSSR count). The van der Waals surface area contributed by atoms with Crippen LogP contribution >= 0.6 is 10.9 Å². The van der Waals surface area contributed by atoms with E-state index in [-0.39, 0.29) is 5.69 Å². The van der Waals surface area contributed by atoms with Crippen molar-refractivity contribution in [1.82, 2.24) is 0 Å². The van der Waals surface area contributed by atoms with Crippen LogP contribution in [0, 0.1) is 0 Å². The van der Waals surface area contributed by atoms with Crippen LogP contribution in [0.25, 0.3) is 0 Å². The first kappa shape index (κ1) is 18.3. The molecule has 0 aliphatic carbocycles. The second kappa shape index (κ2) is 5.80. The van der Waals surface area contributed by atoms with Crippen LogP contribution < -0.4 is 9.67 Å². The van der Waals surface area contributed by atoms with Crippen molar-refractivity contribution in [2.24, 2.45) is 0 Å². The summed E-state index contributed by atoms with van der Waals surface area (Å²) in [6.07, 6.45) is 0. The Hall–Kier alpha value is -1.74. The van der Waals surface area contributed by atoms with E-state index in [2.05, 4.69) is 16.2 Å². The van der Waals surface area contributed by atoms with Gasteiger partial charge in [-0.05, 0) is 0 Å². The van der Waals surface area contributed by atoms with Crippen molar-refractivity contribution in [2.45, 2.75) is 11.6 Å². The molecule has 1 aromatic carbocycles. The Morgan fingerprint density at radius 3 is 2.09 bits per heavy atom. The normalized spacial score (nSPS) is 13.2. The number of aliphatic carboxylic acids is 2. The molecule has 6 N–H and O–H groups in total. The molecule has 11 heteroatoms. The monoisotopic (exact) mass is 395 g/mol. The van der Waals surface area contributed by atoms with Gasteiger partial charge in [-0.25, -0.2) is 0 Å². The molecule has 0 atom stereocenters. The average molecular weight is 395 g/mol. The van der Waals surface area contributed by atoms with Gasteiger partial charge in [-0.2, -0.15) is 0 Å². The van der Waals surface area contributed by atoms with Gasteiger partial charge in [0.2, 0.25) is 0 Å². The zero-order valence-corrected chi connectivity index (χ0v) is 13.9. The van der Waals surface area contributed by atoms with Crippen molar-refractivity contribution in [3.8, 4) is 5.75 Å². The molecule has 0 saturated heterocycles. The quantitative estimate of drug-likeness (QED) is 0.143. The van der Waals surface area contributed by atoms with E-state index in [0.29, 0.717) is 0 Å². The van der Waals surface area contributed by atoms with Gasteiger partial charge >= 0.3 is 130 Å². The van der Waals surface area contributed by atoms with E-state index in [9.17, 15) is 27.7 Å². The molecular weight excluding hydrogens is 381 g/mol. The number of aromatic hydroxyl groups is 1. The molecule has 0 radical (unpaired) electrons. The number of hydrogen-bond donors (Lipinski definition) is 7. The number of rotatable bonds is 5. The van der Waals surface area contributed by atoms with Gasteiger partial charge in [0.1, 0.15) is 0 Å². The number of carbonyl (C=O) groups is 3. The van der Waals surface area contributed by atoms with Crippen LogP contribution in [0.4, 0.5) is 5.69 Å². The van der Waals surface area contributed by atoms with E-state index in [0.717, 1.165) is 12.1 Å². The van der Waals surface area contributed by atoms with Gasteiger partial charge in [0.05, 0.1) is 0 Å². The van der Waals surface area contributed by atoms with E-state index < -0.39 is 44.6 Å². The molecule has 0 unspecified atom stereocenters. The molecule has 0 aromatic heterocycles. The predicted molar refractivity (Wildman–Crippen MR) is 80.2 cm³/mol. The van der Waals surface area contributed by atoms with E-state index in [1.807, 2.05) is 0 Å². The number of carboxylic acid groups (broad SMARTS) is 2. The maximum absolute atomic E-state index is 11.1. The summed E-state index contributed by atoms with van der Waals surface area (Å²) in [6, 6.07) is 3.06. The van der Waals surface area contributed by atoms with Crippen LogP contribution in [-0.2, 0) is 14.4 Å². The Balaban J connectivity index is 3.57. The number of phenols is 1. The molecule has 0 spiro atoms. The summed E-state index contributed by atoms with van der Waals surface area (Å²) in [7, 11) is 3.57. The van der Waals surface area contributed by atoms with Crippen molar-refractivity contribution < 1.29 is 37.9 Å². The molecule has 0 aliphatic rings. The van der Waals surface area contributed by atoms with Crippen LogP contribution in [-0.4, -0.2) is 53.3 Å². The Morgan fingerprint density at radius 1 is 1.18 bits per heavy atom. The maximum atomic E-state index is 11.1. The summed E-state index contributed by atoms with van der Waals surface area (Å²) in [4.78, 5) is 33.2. The number of benzene rings is 1. The summed E-state index contributed by atoms with van der Waals surface area (Å²) < 4.78 is 17.3. The van der Waals surface area contributed by atoms with Crippen LogP contribution in [0.15, 0.2) is 18.2 Å². The van der Waals surface area contributed by atoms with Crippen molar-refractivity contribution >= 4 is 50.8 Å². The number of thiol groups is 1. The molecule has 122 valence electrons. The second-order valence-corrected chi connectivity index (χ2v) is 15.1. The molecule has 1 amide bonds. The van der Waals surface area contributed by atoms with Crippen LogP contribution in [0.1, 0.15) is 6.92 Å². The third kappa shape index (κ3) is 3.53. The Bertz CT molecular complexity index is 639. The summed E-state index contributed by atoms with van der Waals surface area (Å²) in [5, 5.41) is 30.0. The van der Waals surface area contributed by atoms with Crippen molar-refractivity contribution in [3.05, 3.63) is 18.2 Å². The van der Waals surface area contributed by atoms with E-state index in [1.54, 1.807) is 0 Å². The van der Waals surface area contributed by atoms with E-state index in [4.69, 9.17) is 10.2 Å². The van der Waals surface area contributed by atoms with Gasteiger partial charge < -0.3 is 0 Å². The van der Waals surface area contributed by atoms with Gasteiger partial charge in [0.15, 0.2) is 0 Å². The molecular formula is C11H14AsNO8S. The first-order chi connectivity index (χ1) is 9.85. The fourth-order valence-corrected chi connectivity index (χ4v) is 7.84. The molecule has 9 nitrogen and oxygen atoms in total. The first-order valence-corrected chi connectivity index (χ1v) is 12.3. The summed E-state index contributed by atoms with van der Waals surface area (Å²) in [6.45, 7) is 1.17. The topological polar surface area (TPSA) is 164 Å². The third-order valence-corrected chi connectivity index (χ3v) is 10.6.